The number of para-hydroxylation sites is 1. The van der Waals surface area contributed by atoms with Crippen molar-refractivity contribution >= 4 is 29.0 Å². The molecule has 0 saturated heterocycles. The lowest BCUT2D eigenvalue weighted by Crippen LogP contribution is -2.40. The fraction of sp³-hybridized carbons (Fsp3) is 0.219. The van der Waals surface area contributed by atoms with Crippen molar-refractivity contribution < 1.29 is 14.3 Å². The Morgan fingerprint density at radius 3 is 2.35 bits per heavy atom. The number of amides is 1. The van der Waals surface area contributed by atoms with E-state index in [0.717, 1.165) is 16.9 Å². The summed E-state index contributed by atoms with van der Waals surface area (Å²) < 4.78 is 13.3. The van der Waals surface area contributed by atoms with Gasteiger partial charge >= 0.3 is 0 Å². The molecule has 1 N–H and O–H groups in total. The number of methoxy groups -OCH3 is 1. The molecule has 1 amide bonds. The second-order valence-electron chi connectivity index (χ2n) is 9.95. The molecular formula is C32H31N3O4S. The van der Waals surface area contributed by atoms with Gasteiger partial charge in [-0.3, -0.25) is 14.2 Å². The number of carbonyl (C=O) groups excluding carboxylic acids is 1. The third kappa shape index (κ3) is 5.77. The zero-order valence-electron chi connectivity index (χ0n) is 22.9. The first kappa shape index (κ1) is 27.1. The first-order valence-corrected chi connectivity index (χ1v) is 13.9. The van der Waals surface area contributed by atoms with Crippen LogP contribution in [0.2, 0.25) is 0 Å². The Hall–Kier alpha value is -4.43. The Labute approximate surface area is 236 Å². The van der Waals surface area contributed by atoms with E-state index in [9.17, 15) is 9.59 Å². The highest BCUT2D eigenvalue weighted by atomic mass is 32.1. The molecule has 1 aliphatic rings. The Morgan fingerprint density at radius 2 is 1.70 bits per heavy atom. The summed E-state index contributed by atoms with van der Waals surface area (Å²) in [6.07, 6.45) is 1.85. The molecule has 0 aliphatic carbocycles. The second kappa shape index (κ2) is 11.8. The minimum Gasteiger partial charge on any atom is -0.497 e. The highest BCUT2D eigenvalue weighted by Gasteiger charge is 2.32. The average molecular weight is 554 g/mol. The van der Waals surface area contributed by atoms with Crippen LogP contribution in [-0.2, 0) is 4.79 Å². The van der Waals surface area contributed by atoms with E-state index in [0.29, 0.717) is 44.6 Å². The number of nitrogens with one attached hydrogen (secondary N) is 1. The van der Waals surface area contributed by atoms with Gasteiger partial charge in [-0.2, -0.15) is 0 Å². The van der Waals surface area contributed by atoms with E-state index in [1.54, 1.807) is 11.7 Å². The number of ether oxygens (including phenoxy) is 2. The van der Waals surface area contributed by atoms with E-state index < -0.39 is 6.04 Å². The van der Waals surface area contributed by atoms with Crippen LogP contribution in [0.4, 0.5) is 5.69 Å². The first-order valence-electron chi connectivity index (χ1n) is 13.1. The molecule has 0 saturated carbocycles. The fourth-order valence-corrected chi connectivity index (χ4v) is 5.55. The van der Waals surface area contributed by atoms with Gasteiger partial charge in [0.05, 0.1) is 35.6 Å². The number of nitrogens with zero attached hydrogens (tertiary/aromatic N) is 2. The minimum absolute atomic E-state index is 0.206. The summed E-state index contributed by atoms with van der Waals surface area (Å²) in [7, 11) is 1.60. The summed E-state index contributed by atoms with van der Waals surface area (Å²) in [5.74, 6) is 1.60. The topological polar surface area (TPSA) is 81.9 Å². The Bertz CT molecular complexity index is 1720. The van der Waals surface area contributed by atoms with Crippen LogP contribution in [0, 0.1) is 5.92 Å². The summed E-state index contributed by atoms with van der Waals surface area (Å²) in [6.45, 7) is 6.66. The predicted molar refractivity (Wildman–Crippen MR) is 159 cm³/mol. The zero-order chi connectivity index (χ0) is 28.2. The number of fused-ring (bicyclic) bond motifs is 1. The first-order chi connectivity index (χ1) is 19.3. The largest absolute Gasteiger partial charge is 0.497 e. The van der Waals surface area contributed by atoms with Gasteiger partial charge in [0.25, 0.3) is 11.5 Å². The van der Waals surface area contributed by atoms with Crippen LogP contribution in [0.5, 0.6) is 11.5 Å². The van der Waals surface area contributed by atoms with E-state index in [-0.39, 0.29) is 11.5 Å². The number of benzene rings is 3. The molecule has 0 unspecified atom stereocenters. The number of carbonyl (C=O) groups is 1. The van der Waals surface area contributed by atoms with Gasteiger partial charge in [0.1, 0.15) is 11.5 Å². The van der Waals surface area contributed by atoms with Crippen LogP contribution in [0.25, 0.3) is 6.08 Å². The molecule has 0 fully saturated rings. The molecule has 8 heteroatoms. The van der Waals surface area contributed by atoms with Crippen LogP contribution in [-0.4, -0.2) is 24.2 Å². The van der Waals surface area contributed by atoms with Gasteiger partial charge < -0.3 is 14.8 Å². The molecule has 1 aliphatic heterocycles. The molecule has 40 heavy (non-hydrogen) atoms. The van der Waals surface area contributed by atoms with Crippen molar-refractivity contribution in [3.05, 3.63) is 121 Å². The SMILES string of the molecule is COc1ccc([C@H]2C(C(=O)Nc3ccccc3)=C(C)N=c3s/c(=C\c4ccc(OCC(C)C)cc4)c(=O)n32)cc1. The molecule has 4 aromatic rings. The summed E-state index contributed by atoms with van der Waals surface area (Å²) in [6, 6.07) is 23.7. The standard InChI is InChI=1S/C32H31N3O4S/c1-20(2)19-39-26-14-10-22(11-15-26)18-27-31(37)35-29(23-12-16-25(38-4)17-13-23)28(21(3)33-32(35)40-27)30(36)34-24-8-6-5-7-9-24/h5-18,20,29H,19H2,1-4H3,(H,34,36)/b27-18-/t29-/m0/s1. The number of allylic oxidation sites excluding steroid dienone is 1. The van der Waals surface area contributed by atoms with Crippen molar-refractivity contribution in [2.24, 2.45) is 10.9 Å². The third-order valence-electron chi connectivity index (χ3n) is 6.49. The van der Waals surface area contributed by atoms with Crippen molar-refractivity contribution in [3.8, 4) is 11.5 Å². The smallest absolute Gasteiger partial charge is 0.271 e. The Kier molecular flexibility index (Phi) is 7.98. The molecule has 1 aromatic heterocycles. The van der Waals surface area contributed by atoms with Gasteiger partial charge in [0.15, 0.2) is 4.80 Å². The maximum absolute atomic E-state index is 13.9. The highest BCUT2D eigenvalue weighted by molar-refractivity contribution is 7.07. The highest BCUT2D eigenvalue weighted by Crippen LogP contribution is 2.31. The molecule has 7 nitrogen and oxygen atoms in total. The number of aromatic nitrogens is 1. The number of thiazole rings is 1. The van der Waals surface area contributed by atoms with Crippen LogP contribution < -0.4 is 29.7 Å². The van der Waals surface area contributed by atoms with E-state index >= 15 is 0 Å². The molecule has 0 spiro atoms. The van der Waals surface area contributed by atoms with Crippen molar-refractivity contribution in [2.75, 3.05) is 19.0 Å². The fourth-order valence-electron chi connectivity index (χ4n) is 4.51. The lowest BCUT2D eigenvalue weighted by atomic mass is 9.95. The summed E-state index contributed by atoms with van der Waals surface area (Å²) in [5, 5.41) is 2.97. The third-order valence-corrected chi connectivity index (χ3v) is 7.47. The quantitative estimate of drug-likeness (QED) is 0.336. The van der Waals surface area contributed by atoms with Gasteiger partial charge in [0.2, 0.25) is 0 Å². The van der Waals surface area contributed by atoms with Crippen molar-refractivity contribution in [1.29, 1.82) is 0 Å². The van der Waals surface area contributed by atoms with Crippen molar-refractivity contribution in [1.82, 2.24) is 4.57 Å². The average Bonchev–Trinajstić information content (AvgIpc) is 3.26. The van der Waals surface area contributed by atoms with Crippen LogP contribution in [0.1, 0.15) is 37.9 Å². The predicted octanol–water partition coefficient (Wildman–Crippen LogP) is 4.92. The van der Waals surface area contributed by atoms with E-state index in [1.165, 1.54) is 11.3 Å². The molecule has 3 aromatic carbocycles. The maximum Gasteiger partial charge on any atom is 0.271 e. The normalized spacial score (nSPS) is 15.0. The van der Waals surface area contributed by atoms with Gasteiger partial charge in [0, 0.05) is 5.69 Å². The summed E-state index contributed by atoms with van der Waals surface area (Å²) in [4.78, 5) is 32.8. The van der Waals surface area contributed by atoms with Gasteiger partial charge in [-0.1, -0.05) is 67.6 Å². The molecule has 204 valence electrons. The number of rotatable bonds is 8. The van der Waals surface area contributed by atoms with E-state index in [2.05, 4.69) is 19.2 Å². The summed E-state index contributed by atoms with van der Waals surface area (Å²) in [5.41, 5.74) is 3.10. The number of hydrogen-bond donors (Lipinski definition) is 1. The number of anilines is 1. The monoisotopic (exact) mass is 553 g/mol. The molecule has 2 heterocycles. The van der Waals surface area contributed by atoms with Crippen molar-refractivity contribution in [2.45, 2.75) is 26.8 Å². The van der Waals surface area contributed by atoms with E-state index in [1.807, 2.05) is 91.9 Å². The number of hydrogen-bond acceptors (Lipinski definition) is 6. The summed E-state index contributed by atoms with van der Waals surface area (Å²) >= 11 is 1.31. The van der Waals surface area contributed by atoms with Gasteiger partial charge in [-0.05, 0) is 66.4 Å². The van der Waals surface area contributed by atoms with Crippen LogP contribution >= 0.6 is 11.3 Å². The molecular weight excluding hydrogens is 522 g/mol. The molecule has 1 atom stereocenters. The maximum atomic E-state index is 13.9. The minimum atomic E-state index is -0.653. The molecule has 0 radical (unpaired) electrons. The lowest BCUT2D eigenvalue weighted by molar-refractivity contribution is -0.113. The van der Waals surface area contributed by atoms with E-state index in [4.69, 9.17) is 14.5 Å². The lowest BCUT2D eigenvalue weighted by Gasteiger charge is -2.25. The van der Waals surface area contributed by atoms with Crippen molar-refractivity contribution in [3.63, 3.8) is 0 Å². The Morgan fingerprint density at radius 1 is 1.02 bits per heavy atom. The van der Waals surface area contributed by atoms with Crippen LogP contribution in [0.15, 0.2) is 99.9 Å². The molecule has 0 bridgehead atoms. The van der Waals surface area contributed by atoms with Gasteiger partial charge in [-0.15, -0.1) is 0 Å². The van der Waals surface area contributed by atoms with Crippen LogP contribution in [0.3, 0.4) is 0 Å². The molecule has 5 rings (SSSR count). The second-order valence-corrected chi connectivity index (χ2v) is 11.0. The Balaban J connectivity index is 1.57. The van der Waals surface area contributed by atoms with Gasteiger partial charge in [-0.25, -0.2) is 4.99 Å². The zero-order valence-corrected chi connectivity index (χ0v) is 23.7.